The molecule has 80 valence electrons. The molecule has 1 aromatic heterocycles. The van der Waals surface area contributed by atoms with Crippen LogP contribution in [0.2, 0.25) is 0 Å². The molecule has 15 heavy (non-hydrogen) atoms. The molecule has 0 aliphatic carbocycles. The summed E-state index contributed by atoms with van der Waals surface area (Å²) < 4.78 is 23.4. The molecule has 1 aromatic carbocycles. The number of sulfonamides is 1. The van der Waals surface area contributed by atoms with Crippen LogP contribution >= 0.6 is 15.9 Å². The van der Waals surface area contributed by atoms with Crippen molar-refractivity contribution in [3.05, 3.63) is 22.3 Å². The van der Waals surface area contributed by atoms with Crippen molar-refractivity contribution in [1.29, 1.82) is 0 Å². The van der Waals surface area contributed by atoms with Crippen LogP contribution in [0.25, 0.3) is 10.9 Å². The summed E-state index contributed by atoms with van der Waals surface area (Å²) in [6, 6.07) is 3.20. The Bertz CT molecular complexity index is 633. The van der Waals surface area contributed by atoms with Gasteiger partial charge in [0, 0.05) is 15.6 Å². The van der Waals surface area contributed by atoms with Gasteiger partial charge in [-0.1, -0.05) is 15.9 Å². The second kappa shape index (κ2) is 3.29. The van der Waals surface area contributed by atoms with Gasteiger partial charge in [0.15, 0.2) is 0 Å². The SMILES string of the molecule is Cc1[nH]nc2cc(Br)cc(S(N)(=O)=O)c12. The van der Waals surface area contributed by atoms with Gasteiger partial charge in [-0.25, -0.2) is 13.6 Å². The highest BCUT2D eigenvalue weighted by atomic mass is 79.9. The third-order valence-electron chi connectivity index (χ3n) is 2.07. The Kier molecular flexibility index (Phi) is 2.32. The third kappa shape index (κ3) is 1.77. The molecule has 0 spiro atoms. The minimum absolute atomic E-state index is 0.0816. The lowest BCUT2D eigenvalue weighted by atomic mass is 10.2. The first-order valence-electron chi connectivity index (χ1n) is 4.06. The Morgan fingerprint density at radius 1 is 1.47 bits per heavy atom. The number of hydrogen-bond donors (Lipinski definition) is 2. The number of H-pyrrole nitrogens is 1. The van der Waals surface area contributed by atoms with E-state index >= 15 is 0 Å². The van der Waals surface area contributed by atoms with E-state index in [2.05, 4.69) is 26.1 Å². The number of hydrogen-bond acceptors (Lipinski definition) is 3. The fraction of sp³-hybridized carbons (Fsp3) is 0.125. The maximum atomic E-state index is 11.4. The maximum absolute atomic E-state index is 11.4. The standard InChI is InChI=1S/C8H8BrN3O2S/c1-4-8-6(12-11-4)2-5(9)3-7(8)15(10,13)14/h2-3H,1H3,(H,11,12)(H2,10,13,14). The second-order valence-corrected chi connectivity index (χ2v) is 5.64. The van der Waals surface area contributed by atoms with Gasteiger partial charge in [-0.3, -0.25) is 5.10 Å². The van der Waals surface area contributed by atoms with Gasteiger partial charge in [-0.2, -0.15) is 5.10 Å². The van der Waals surface area contributed by atoms with Crippen molar-refractivity contribution >= 4 is 36.9 Å². The summed E-state index contributed by atoms with van der Waals surface area (Å²) in [5.74, 6) is 0. The van der Waals surface area contributed by atoms with Gasteiger partial charge in [-0.15, -0.1) is 0 Å². The average Bonchev–Trinajstić information content (AvgIpc) is 2.44. The minimum Gasteiger partial charge on any atom is -0.282 e. The van der Waals surface area contributed by atoms with Crippen LogP contribution in [-0.2, 0) is 10.0 Å². The highest BCUT2D eigenvalue weighted by Crippen LogP contribution is 2.27. The van der Waals surface area contributed by atoms with Crippen molar-refractivity contribution in [2.24, 2.45) is 5.14 Å². The lowest BCUT2D eigenvalue weighted by molar-refractivity contribution is 0.598. The van der Waals surface area contributed by atoms with Gasteiger partial charge < -0.3 is 0 Å². The first kappa shape index (κ1) is 10.6. The largest absolute Gasteiger partial charge is 0.282 e. The molecule has 0 fully saturated rings. The Morgan fingerprint density at radius 2 is 2.13 bits per heavy atom. The summed E-state index contributed by atoms with van der Waals surface area (Å²) in [5.41, 5.74) is 1.26. The van der Waals surface area contributed by atoms with Crippen LogP contribution in [0.15, 0.2) is 21.5 Å². The molecule has 2 aromatic rings. The Balaban J connectivity index is 2.99. The van der Waals surface area contributed by atoms with Crippen LogP contribution in [0.3, 0.4) is 0 Å². The van der Waals surface area contributed by atoms with Crippen LogP contribution in [0.5, 0.6) is 0 Å². The molecule has 2 rings (SSSR count). The molecule has 7 heteroatoms. The van der Waals surface area contributed by atoms with E-state index in [9.17, 15) is 8.42 Å². The molecule has 0 amide bonds. The van der Waals surface area contributed by atoms with Crippen molar-refractivity contribution in [2.45, 2.75) is 11.8 Å². The molecule has 0 atom stereocenters. The van der Waals surface area contributed by atoms with Gasteiger partial charge in [0.05, 0.1) is 10.4 Å². The van der Waals surface area contributed by atoms with E-state index < -0.39 is 10.0 Å². The summed E-state index contributed by atoms with van der Waals surface area (Å²) in [5, 5.41) is 12.4. The predicted octanol–water partition coefficient (Wildman–Crippen LogP) is 1.28. The molecule has 0 bridgehead atoms. The predicted molar refractivity (Wildman–Crippen MR) is 59.9 cm³/mol. The normalized spacial score (nSPS) is 12.2. The summed E-state index contributed by atoms with van der Waals surface area (Å²) in [6.07, 6.45) is 0. The minimum atomic E-state index is -3.73. The molecule has 0 aliphatic heterocycles. The number of aromatic amines is 1. The van der Waals surface area contributed by atoms with Crippen molar-refractivity contribution in [2.75, 3.05) is 0 Å². The molecule has 3 N–H and O–H groups in total. The highest BCUT2D eigenvalue weighted by molar-refractivity contribution is 9.10. The van der Waals surface area contributed by atoms with Crippen LogP contribution < -0.4 is 5.14 Å². The summed E-state index contributed by atoms with van der Waals surface area (Å²) in [6.45, 7) is 1.75. The number of primary sulfonamides is 1. The first-order valence-corrected chi connectivity index (χ1v) is 6.40. The zero-order chi connectivity index (χ0) is 11.2. The van der Waals surface area contributed by atoms with E-state index in [1.165, 1.54) is 6.07 Å². The number of fused-ring (bicyclic) bond motifs is 1. The van der Waals surface area contributed by atoms with Crippen molar-refractivity contribution in [1.82, 2.24) is 10.2 Å². The number of nitrogens with two attached hydrogens (primary N) is 1. The second-order valence-electron chi connectivity index (χ2n) is 3.19. The van der Waals surface area contributed by atoms with Crippen molar-refractivity contribution in [3.8, 4) is 0 Å². The number of halogens is 1. The number of aromatic nitrogens is 2. The lowest BCUT2D eigenvalue weighted by Crippen LogP contribution is -2.12. The molecule has 5 nitrogen and oxygen atoms in total. The zero-order valence-electron chi connectivity index (χ0n) is 7.78. The van der Waals surface area contributed by atoms with E-state index in [1.54, 1.807) is 13.0 Å². The summed E-state index contributed by atoms with van der Waals surface area (Å²) >= 11 is 3.21. The van der Waals surface area contributed by atoms with Gasteiger partial charge in [-0.05, 0) is 19.1 Å². The van der Waals surface area contributed by atoms with E-state index in [0.29, 0.717) is 21.1 Å². The molecule has 0 saturated heterocycles. The van der Waals surface area contributed by atoms with Gasteiger partial charge in [0.1, 0.15) is 0 Å². The van der Waals surface area contributed by atoms with Crippen molar-refractivity contribution < 1.29 is 8.42 Å². The Labute approximate surface area is 94.8 Å². The summed E-state index contributed by atoms with van der Waals surface area (Å²) in [4.78, 5) is 0.0816. The first-order chi connectivity index (χ1) is 6.89. The average molecular weight is 290 g/mol. The maximum Gasteiger partial charge on any atom is 0.238 e. The van der Waals surface area contributed by atoms with Crippen LogP contribution in [0.4, 0.5) is 0 Å². The fourth-order valence-electron chi connectivity index (χ4n) is 1.46. The van der Waals surface area contributed by atoms with Crippen molar-refractivity contribution in [3.63, 3.8) is 0 Å². The Morgan fingerprint density at radius 3 is 2.73 bits per heavy atom. The molecular weight excluding hydrogens is 282 g/mol. The molecule has 0 radical (unpaired) electrons. The molecular formula is C8H8BrN3O2S. The van der Waals surface area contributed by atoms with Crippen LogP contribution in [0, 0.1) is 6.92 Å². The quantitative estimate of drug-likeness (QED) is 0.829. The van der Waals surface area contributed by atoms with E-state index in [1.807, 2.05) is 0 Å². The summed E-state index contributed by atoms with van der Waals surface area (Å²) in [7, 11) is -3.73. The lowest BCUT2D eigenvalue weighted by Gasteiger charge is -2.01. The third-order valence-corrected chi connectivity index (χ3v) is 3.46. The van der Waals surface area contributed by atoms with Gasteiger partial charge in [0.25, 0.3) is 0 Å². The molecule has 1 heterocycles. The molecule has 0 saturated carbocycles. The zero-order valence-corrected chi connectivity index (χ0v) is 10.2. The smallest absolute Gasteiger partial charge is 0.238 e. The topological polar surface area (TPSA) is 88.8 Å². The molecule has 0 unspecified atom stereocenters. The van der Waals surface area contributed by atoms with E-state index in [4.69, 9.17) is 5.14 Å². The van der Waals surface area contributed by atoms with E-state index in [0.717, 1.165) is 0 Å². The molecule has 0 aliphatic rings. The number of benzene rings is 1. The van der Waals surface area contributed by atoms with Crippen LogP contribution in [-0.4, -0.2) is 18.6 Å². The number of nitrogens with one attached hydrogen (secondary N) is 1. The highest BCUT2D eigenvalue weighted by Gasteiger charge is 2.17. The van der Waals surface area contributed by atoms with Crippen LogP contribution in [0.1, 0.15) is 5.69 Å². The number of rotatable bonds is 1. The number of aryl methyl sites for hydroxylation is 1. The monoisotopic (exact) mass is 289 g/mol. The van der Waals surface area contributed by atoms with Gasteiger partial charge in [0.2, 0.25) is 10.0 Å². The van der Waals surface area contributed by atoms with Gasteiger partial charge >= 0.3 is 0 Å². The Hall–Kier alpha value is -0.920. The van der Waals surface area contributed by atoms with E-state index in [-0.39, 0.29) is 4.90 Å². The number of nitrogens with zero attached hydrogens (tertiary/aromatic N) is 1. The fourth-order valence-corrected chi connectivity index (χ4v) is 2.89.